The van der Waals surface area contributed by atoms with Crippen molar-refractivity contribution in [2.45, 2.75) is 31.8 Å². The molecule has 5 rings (SSSR count). The van der Waals surface area contributed by atoms with Crippen LogP contribution in [0.2, 0.25) is 0 Å². The third kappa shape index (κ3) is 2.77. The third-order valence-electron chi connectivity index (χ3n) is 5.11. The number of rotatable bonds is 3. The Morgan fingerprint density at radius 1 is 1.35 bits per heavy atom. The standard InChI is InChI=1S/C17H20N4OS/c1-11-15(12-4-7-21(11)8-5-12)20-16(22)14-10-19-17(23-14)13-3-2-6-18-9-13/h2-3,6,9-12,15H,4-5,7-8H2,1H3,(H,20,22)/t11-,15-/m0/s1. The molecule has 3 fully saturated rings. The van der Waals surface area contributed by atoms with Crippen molar-refractivity contribution in [3.05, 3.63) is 35.6 Å². The molecule has 0 aliphatic carbocycles. The number of hydrogen-bond donors (Lipinski definition) is 1. The summed E-state index contributed by atoms with van der Waals surface area (Å²) in [7, 11) is 0. The molecule has 23 heavy (non-hydrogen) atoms. The van der Waals surface area contributed by atoms with E-state index in [0.717, 1.165) is 10.6 Å². The molecule has 1 N–H and O–H groups in total. The Labute approximate surface area is 139 Å². The van der Waals surface area contributed by atoms with Gasteiger partial charge in [-0.05, 0) is 50.9 Å². The molecule has 3 saturated heterocycles. The molecule has 0 radical (unpaired) electrons. The molecule has 2 aromatic rings. The zero-order valence-corrected chi connectivity index (χ0v) is 13.9. The first-order valence-electron chi connectivity index (χ1n) is 8.13. The largest absolute Gasteiger partial charge is 0.347 e. The molecule has 5 nitrogen and oxygen atoms in total. The number of carbonyl (C=O) groups is 1. The Kier molecular flexibility index (Phi) is 3.87. The fourth-order valence-corrected chi connectivity index (χ4v) is 4.58. The molecule has 120 valence electrons. The van der Waals surface area contributed by atoms with Crippen LogP contribution in [0.25, 0.3) is 10.6 Å². The highest BCUT2D eigenvalue weighted by atomic mass is 32.1. The first-order valence-corrected chi connectivity index (χ1v) is 8.95. The van der Waals surface area contributed by atoms with Gasteiger partial charge in [0.25, 0.3) is 5.91 Å². The SMILES string of the molecule is C[C@H]1[C@H](NC(=O)c2cnc(-c3cccnc3)s2)C2CCN1CC2. The molecule has 5 heterocycles. The summed E-state index contributed by atoms with van der Waals surface area (Å²) in [6, 6.07) is 4.53. The van der Waals surface area contributed by atoms with Gasteiger partial charge in [-0.15, -0.1) is 11.3 Å². The van der Waals surface area contributed by atoms with Crippen molar-refractivity contribution < 1.29 is 4.79 Å². The van der Waals surface area contributed by atoms with Crippen LogP contribution in [0, 0.1) is 5.92 Å². The number of pyridine rings is 1. The molecule has 0 aromatic carbocycles. The molecule has 6 heteroatoms. The van der Waals surface area contributed by atoms with Gasteiger partial charge in [-0.25, -0.2) is 4.98 Å². The topological polar surface area (TPSA) is 58.1 Å². The Morgan fingerprint density at radius 3 is 2.87 bits per heavy atom. The maximum absolute atomic E-state index is 12.6. The van der Waals surface area contributed by atoms with E-state index in [1.54, 1.807) is 18.6 Å². The lowest BCUT2D eigenvalue weighted by molar-refractivity contribution is 0.0218. The summed E-state index contributed by atoms with van der Waals surface area (Å²) in [5.74, 6) is 0.618. The Balaban J connectivity index is 1.49. The maximum atomic E-state index is 12.6. The van der Waals surface area contributed by atoms with Gasteiger partial charge in [0.05, 0.1) is 6.20 Å². The van der Waals surface area contributed by atoms with Crippen LogP contribution >= 0.6 is 11.3 Å². The van der Waals surface area contributed by atoms with Crippen LogP contribution in [0.15, 0.2) is 30.7 Å². The van der Waals surface area contributed by atoms with Crippen LogP contribution in [-0.4, -0.2) is 45.9 Å². The molecule has 0 saturated carbocycles. The molecule has 3 aliphatic rings. The second-order valence-corrected chi connectivity index (χ2v) is 7.42. The smallest absolute Gasteiger partial charge is 0.263 e. The summed E-state index contributed by atoms with van der Waals surface area (Å²) in [4.78, 5) is 24.2. The minimum atomic E-state index is 0.00300. The summed E-state index contributed by atoms with van der Waals surface area (Å²) in [5, 5.41) is 4.09. The first-order chi connectivity index (χ1) is 11.2. The van der Waals surface area contributed by atoms with Gasteiger partial charge in [0, 0.05) is 30.0 Å². The highest BCUT2D eigenvalue weighted by Crippen LogP contribution is 2.32. The molecule has 3 aliphatic heterocycles. The predicted octanol–water partition coefficient (Wildman–Crippen LogP) is 2.42. The molecule has 2 aromatic heterocycles. The predicted molar refractivity (Wildman–Crippen MR) is 90.4 cm³/mol. The molecular weight excluding hydrogens is 308 g/mol. The van der Waals surface area contributed by atoms with Crippen LogP contribution in [0.4, 0.5) is 0 Å². The van der Waals surface area contributed by atoms with Gasteiger partial charge in [-0.3, -0.25) is 14.7 Å². The lowest BCUT2D eigenvalue weighted by atomic mass is 9.79. The maximum Gasteiger partial charge on any atom is 0.263 e. The van der Waals surface area contributed by atoms with Crippen LogP contribution in [-0.2, 0) is 0 Å². The van der Waals surface area contributed by atoms with Crippen molar-refractivity contribution in [3.63, 3.8) is 0 Å². The summed E-state index contributed by atoms with van der Waals surface area (Å²) in [5.41, 5.74) is 0.952. The van der Waals surface area contributed by atoms with Gasteiger partial charge in [-0.2, -0.15) is 0 Å². The van der Waals surface area contributed by atoms with Gasteiger partial charge in [-0.1, -0.05) is 0 Å². The summed E-state index contributed by atoms with van der Waals surface area (Å²) in [6.07, 6.45) is 7.57. The van der Waals surface area contributed by atoms with Crippen LogP contribution in [0.1, 0.15) is 29.4 Å². The molecule has 1 amide bonds. The number of fused-ring (bicyclic) bond motifs is 3. The number of amides is 1. The zero-order valence-electron chi connectivity index (χ0n) is 13.1. The quantitative estimate of drug-likeness (QED) is 0.940. The van der Waals surface area contributed by atoms with Crippen molar-refractivity contribution in [1.29, 1.82) is 0 Å². The summed E-state index contributed by atoms with van der Waals surface area (Å²) >= 11 is 1.43. The van der Waals surface area contributed by atoms with Gasteiger partial charge >= 0.3 is 0 Å². The van der Waals surface area contributed by atoms with Crippen molar-refractivity contribution in [2.75, 3.05) is 13.1 Å². The highest BCUT2D eigenvalue weighted by molar-refractivity contribution is 7.16. The van der Waals surface area contributed by atoms with Crippen LogP contribution in [0.5, 0.6) is 0 Å². The number of piperidine rings is 3. The minimum Gasteiger partial charge on any atom is -0.347 e. The number of nitrogens with zero attached hydrogens (tertiary/aromatic N) is 3. The number of thiazole rings is 1. The molecule has 0 spiro atoms. The zero-order chi connectivity index (χ0) is 15.8. The second-order valence-electron chi connectivity index (χ2n) is 6.38. The monoisotopic (exact) mass is 328 g/mol. The third-order valence-corrected chi connectivity index (χ3v) is 6.16. The number of carbonyl (C=O) groups excluding carboxylic acids is 1. The first kappa shape index (κ1) is 14.8. The van der Waals surface area contributed by atoms with Crippen LogP contribution in [0.3, 0.4) is 0 Å². The molecule has 0 unspecified atom stereocenters. The van der Waals surface area contributed by atoms with Crippen molar-refractivity contribution in [2.24, 2.45) is 5.92 Å². The molecular formula is C17H20N4OS. The lowest BCUT2D eigenvalue weighted by Gasteiger charge is -2.49. The van der Waals surface area contributed by atoms with E-state index in [2.05, 4.69) is 27.1 Å². The average Bonchev–Trinajstić information content (AvgIpc) is 3.09. The minimum absolute atomic E-state index is 0.00300. The molecule has 2 bridgehead atoms. The fraction of sp³-hybridized carbons (Fsp3) is 0.471. The van der Waals surface area contributed by atoms with Crippen molar-refractivity contribution in [3.8, 4) is 10.6 Å². The van der Waals surface area contributed by atoms with E-state index in [1.165, 1.54) is 37.3 Å². The fourth-order valence-electron chi connectivity index (χ4n) is 3.77. The Morgan fingerprint density at radius 2 is 2.17 bits per heavy atom. The number of nitrogens with one attached hydrogen (secondary N) is 1. The highest BCUT2D eigenvalue weighted by Gasteiger charge is 2.40. The van der Waals surface area contributed by atoms with E-state index in [0.29, 0.717) is 16.8 Å². The van der Waals surface area contributed by atoms with Gasteiger partial charge in [0.1, 0.15) is 9.88 Å². The van der Waals surface area contributed by atoms with E-state index in [1.807, 2.05) is 12.1 Å². The Bertz CT molecular complexity index is 692. The van der Waals surface area contributed by atoms with E-state index in [4.69, 9.17) is 0 Å². The van der Waals surface area contributed by atoms with Crippen LogP contribution < -0.4 is 5.32 Å². The van der Waals surface area contributed by atoms with Crippen molar-refractivity contribution >= 4 is 17.2 Å². The normalized spacial score (nSPS) is 29.4. The average molecular weight is 328 g/mol. The lowest BCUT2D eigenvalue weighted by Crippen LogP contribution is -2.62. The van der Waals surface area contributed by atoms with E-state index < -0.39 is 0 Å². The van der Waals surface area contributed by atoms with Gasteiger partial charge in [0.2, 0.25) is 0 Å². The van der Waals surface area contributed by atoms with Gasteiger partial charge in [0.15, 0.2) is 0 Å². The summed E-state index contributed by atoms with van der Waals surface area (Å²) < 4.78 is 0. The number of aromatic nitrogens is 2. The molecule has 2 atom stereocenters. The Hall–Kier alpha value is -1.79. The summed E-state index contributed by atoms with van der Waals surface area (Å²) in [6.45, 7) is 4.57. The van der Waals surface area contributed by atoms with E-state index in [-0.39, 0.29) is 11.9 Å². The number of hydrogen-bond acceptors (Lipinski definition) is 5. The van der Waals surface area contributed by atoms with Gasteiger partial charge < -0.3 is 5.32 Å². The second kappa shape index (κ2) is 6.02. The van der Waals surface area contributed by atoms with E-state index in [9.17, 15) is 4.79 Å². The van der Waals surface area contributed by atoms with E-state index >= 15 is 0 Å². The van der Waals surface area contributed by atoms with Crippen molar-refractivity contribution in [1.82, 2.24) is 20.2 Å².